The summed E-state index contributed by atoms with van der Waals surface area (Å²) >= 11 is 0. The van der Waals surface area contributed by atoms with Gasteiger partial charge in [0.25, 0.3) is 0 Å². The van der Waals surface area contributed by atoms with Crippen LogP contribution in [0.2, 0.25) is 0 Å². The molecule has 210 valence electrons. The van der Waals surface area contributed by atoms with Crippen LogP contribution in [0.15, 0.2) is 121 Å². The lowest BCUT2D eigenvalue weighted by atomic mass is 9.73. The van der Waals surface area contributed by atoms with Crippen LogP contribution in [0, 0.1) is 5.92 Å². The van der Waals surface area contributed by atoms with E-state index in [4.69, 9.17) is 9.47 Å². The number of hydrogen-bond donors (Lipinski definition) is 1. The van der Waals surface area contributed by atoms with Gasteiger partial charge < -0.3 is 14.6 Å². The summed E-state index contributed by atoms with van der Waals surface area (Å²) in [6.07, 6.45) is 0.277. The number of benzene rings is 4. The summed E-state index contributed by atoms with van der Waals surface area (Å²) in [5.41, 5.74) is 6.23. The maximum Gasteiger partial charge on any atom is 0.341 e. The summed E-state index contributed by atoms with van der Waals surface area (Å²) in [5.74, 6) is -0.357. The predicted molar refractivity (Wildman–Crippen MR) is 163 cm³/mol. The van der Waals surface area contributed by atoms with Crippen molar-refractivity contribution >= 4 is 5.97 Å². The minimum absolute atomic E-state index is 0.00225. The number of carboxylic acid groups (broad SMARTS) is 1. The van der Waals surface area contributed by atoms with Gasteiger partial charge in [0, 0.05) is 22.8 Å². The number of hydrogen-bond acceptors (Lipinski definition) is 3. The molecule has 0 bridgehead atoms. The third kappa shape index (κ3) is 6.13. The van der Waals surface area contributed by atoms with Gasteiger partial charge in [-0.25, -0.2) is 4.79 Å². The van der Waals surface area contributed by atoms with E-state index in [0.29, 0.717) is 5.75 Å². The Morgan fingerprint density at radius 1 is 0.854 bits per heavy atom. The molecule has 4 atom stereocenters. The quantitative estimate of drug-likeness (QED) is 0.213. The molecule has 0 radical (unpaired) electrons. The molecule has 1 heterocycles. The van der Waals surface area contributed by atoms with Crippen molar-refractivity contribution in [3.8, 4) is 5.75 Å². The van der Waals surface area contributed by atoms with Crippen LogP contribution in [0.5, 0.6) is 5.75 Å². The van der Waals surface area contributed by atoms with E-state index in [0.717, 1.165) is 28.7 Å². The molecule has 1 aliphatic heterocycles. The summed E-state index contributed by atoms with van der Waals surface area (Å²) < 4.78 is 13.0. The first kappa shape index (κ1) is 28.4. The van der Waals surface area contributed by atoms with E-state index in [2.05, 4.69) is 94.1 Å². The van der Waals surface area contributed by atoms with E-state index >= 15 is 0 Å². The van der Waals surface area contributed by atoms with Gasteiger partial charge >= 0.3 is 5.97 Å². The number of ether oxygens (including phenoxy) is 2. The van der Waals surface area contributed by atoms with Gasteiger partial charge in [-0.3, -0.25) is 0 Å². The van der Waals surface area contributed by atoms with Crippen molar-refractivity contribution in [1.29, 1.82) is 0 Å². The number of rotatable bonds is 9. The molecule has 1 aliphatic rings. The van der Waals surface area contributed by atoms with Gasteiger partial charge in [0.2, 0.25) is 0 Å². The Morgan fingerprint density at radius 3 is 2.02 bits per heavy atom. The van der Waals surface area contributed by atoms with Gasteiger partial charge in [-0.2, -0.15) is 0 Å². The molecule has 0 aromatic heterocycles. The van der Waals surface area contributed by atoms with Crippen LogP contribution in [-0.4, -0.2) is 17.7 Å². The Kier molecular flexibility index (Phi) is 8.41. The van der Waals surface area contributed by atoms with E-state index < -0.39 is 12.6 Å². The minimum atomic E-state index is -1.02. The molecule has 0 unspecified atom stereocenters. The van der Waals surface area contributed by atoms with Crippen molar-refractivity contribution in [2.45, 2.75) is 50.7 Å². The van der Waals surface area contributed by atoms with Crippen LogP contribution in [0.3, 0.4) is 0 Å². The van der Waals surface area contributed by atoms with Crippen LogP contribution in [0.1, 0.15) is 73.1 Å². The van der Waals surface area contributed by atoms with Crippen LogP contribution in [0.25, 0.3) is 0 Å². The second-order valence-electron chi connectivity index (χ2n) is 11.5. The molecule has 1 fully saturated rings. The van der Waals surface area contributed by atoms with Gasteiger partial charge in [-0.05, 0) is 47.7 Å². The molecule has 0 spiro atoms. The molecule has 41 heavy (non-hydrogen) atoms. The summed E-state index contributed by atoms with van der Waals surface area (Å²) in [6, 6.07) is 37.4. The lowest BCUT2D eigenvalue weighted by Gasteiger charge is -2.43. The SMILES string of the molecule is C=C(C)[C@H]1C[C@H](c2ccccc2)[C@H](c2ccccc2)O[C@@H]1c1cc(C(C)(C)c2ccccc2)ccc1OCC(=O)O. The normalized spacial score (nSPS) is 20.8. The van der Waals surface area contributed by atoms with Gasteiger partial charge in [-0.1, -0.05) is 123 Å². The van der Waals surface area contributed by atoms with Crippen molar-refractivity contribution < 1.29 is 19.4 Å². The molecule has 4 heteroatoms. The van der Waals surface area contributed by atoms with Crippen molar-refractivity contribution in [3.63, 3.8) is 0 Å². The summed E-state index contributed by atoms with van der Waals surface area (Å²) in [6.45, 7) is 10.4. The molecular formula is C37H38O4. The van der Waals surface area contributed by atoms with Crippen LogP contribution < -0.4 is 4.74 Å². The molecule has 0 aliphatic carbocycles. The molecule has 1 N–H and O–H groups in total. The highest BCUT2D eigenvalue weighted by atomic mass is 16.5. The van der Waals surface area contributed by atoms with E-state index in [9.17, 15) is 9.90 Å². The van der Waals surface area contributed by atoms with E-state index in [-0.39, 0.29) is 29.5 Å². The van der Waals surface area contributed by atoms with E-state index in [1.807, 2.05) is 42.5 Å². The lowest BCUT2D eigenvalue weighted by molar-refractivity contribution is -0.139. The molecule has 4 nitrogen and oxygen atoms in total. The smallest absolute Gasteiger partial charge is 0.341 e. The maximum absolute atomic E-state index is 11.5. The first-order valence-electron chi connectivity index (χ1n) is 14.2. The Hall–Kier alpha value is -4.15. The van der Waals surface area contributed by atoms with Gasteiger partial charge in [0.15, 0.2) is 6.61 Å². The van der Waals surface area contributed by atoms with Gasteiger partial charge in [0.1, 0.15) is 5.75 Å². The maximum atomic E-state index is 11.5. The average Bonchev–Trinajstić information content (AvgIpc) is 3.00. The van der Waals surface area contributed by atoms with Gasteiger partial charge in [-0.15, -0.1) is 0 Å². The molecule has 4 aromatic rings. The fraction of sp³-hybridized carbons (Fsp3) is 0.270. The van der Waals surface area contributed by atoms with Crippen LogP contribution >= 0.6 is 0 Å². The monoisotopic (exact) mass is 546 g/mol. The first-order chi connectivity index (χ1) is 19.8. The molecular weight excluding hydrogens is 508 g/mol. The number of carboxylic acids is 1. The second kappa shape index (κ2) is 12.2. The van der Waals surface area contributed by atoms with E-state index in [1.54, 1.807) is 0 Å². The highest BCUT2D eigenvalue weighted by Crippen LogP contribution is 2.53. The van der Waals surface area contributed by atoms with Crippen molar-refractivity contribution in [2.75, 3.05) is 6.61 Å². The average molecular weight is 547 g/mol. The summed E-state index contributed by atoms with van der Waals surface area (Å²) in [7, 11) is 0. The van der Waals surface area contributed by atoms with Crippen LogP contribution in [-0.2, 0) is 14.9 Å². The van der Waals surface area contributed by atoms with E-state index in [1.165, 1.54) is 11.1 Å². The molecule has 5 rings (SSSR count). The molecule has 0 saturated carbocycles. The van der Waals surface area contributed by atoms with Crippen molar-refractivity contribution in [3.05, 3.63) is 149 Å². The first-order valence-corrected chi connectivity index (χ1v) is 14.2. The Bertz CT molecular complexity index is 1480. The Labute approximate surface area is 243 Å². The zero-order valence-corrected chi connectivity index (χ0v) is 24.0. The van der Waals surface area contributed by atoms with Gasteiger partial charge in [0.05, 0.1) is 12.2 Å². The van der Waals surface area contributed by atoms with Crippen molar-refractivity contribution in [2.24, 2.45) is 5.92 Å². The van der Waals surface area contributed by atoms with Crippen LogP contribution in [0.4, 0.5) is 0 Å². The van der Waals surface area contributed by atoms with Crippen molar-refractivity contribution in [1.82, 2.24) is 0 Å². The third-order valence-corrected chi connectivity index (χ3v) is 8.41. The third-order valence-electron chi connectivity index (χ3n) is 8.41. The molecule has 0 amide bonds. The fourth-order valence-corrected chi connectivity index (χ4v) is 6.03. The minimum Gasteiger partial charge on any atom is -0.482 e. The number of carbonyl (C=O) groups is 1. The molecule has 4 aromatic carbocycles. The fourth-order valence-electron chi connectivity index (χ4n) is 6.03. The lowest BCUT2D eigenvalue weighted by Crippen LogP contribution is -2.32. The largest absolute Gasteiger partial charge is 0.482 e. The highest BCUT2D eigenvalue weighted by Gasteiger charge is 2.42. The summed E-state index contributed by atoms with van der Waals surface area (Å²) in [5, 5.41) is 9.43. The standard InChI is InChI=1S/C37H38O4/c1-25(2)30-23-31(26-14-8-5-9-15-26)35(27-16-10-6-11-17-27)41-36(30)32-22-29(20-21-33(32)40-24-34(38)39)37(3,4)28-18-12-7-13-19-28/h5-22,30-31,35-36H,1,23-24H2,2-4H3,(H,38,39)/t30-,31-,35+,36+/m1/s1. The topological polar surface area (TPSA) is 55.8 Å². The molecule has 1 saturated heterocycles. The second-order valence-corrected chi connectivity index (χ2v) is 11.5. The Balaban J connectivity index is 1.63. The summed E-state index contributed by atoms with van der Waals surface area (Å²) in [4.78, 5) is 11.5. The Morgan fingerprint density at radius 2 is 1.44 bits per heavy atom. The highest BCUT2D eigenvalue weighted by molar-refractivity contribution is 5.68. The predicted octanol–water partition coefficient (Wildman–Crippen LogP) is 8.65. The number of aliphatic carboxylic acids is 1. The zero-order valence-electron chi connectivity index (χ0n) is 24.0. The zero-order chi connectivity index (χ0) is 29.0.